The first-order valence-corrected chi connectivity index (χ1v) is 13.5. The third-order valence-corrected chi connectivity index (χ3v) is 9.67. The lowest BCUT2D eigenvalue weighted by Crippen LogP contribution is -2.39. The van der Waals surface area contributed by atoms with Crippen molar-refractivity contribution in [2.75, 3.05) is 32.4 Å². The number of thioether (sulfide) groups is 2. The fourth-order valence-corrected chi connectivity index (χ4v) is 7.04. The number of allylic oxidation sites excluding steroid dienone is 3. The number of likely N-dealkylation sites (tertiary alicyclic amines) is 1. The summed E-state index contributed by atoms with van der Waals surface area (Å²) < 4.78 is 0.421. The van der Waals surface area contributed by atoms with Gasteiger partial charge in [-0.15, -0.1) is 18.3 Å². The molecule has 0 bridgehead atoms. The molecule has 7 heteroatoms. The van der Waals surface area contributed by atoms with Crippen molar-refractivity contribution in [3.8, 4) is 0 Å². The van der Waals surface area contributed by atoms with Gasteiger partial charge in [0.2, 0.25) is 0 Å². The van der Waals surface area contributed by atoms with Crippen LogP contribution in [-0.2, 0) is 6.54 Å². The van der Waals surface area contributed by atoms with Crippen molar-refractivity contribution in [3.63, 3.8) is 0 Å². The highest BCUT2D eigenvalue weighted by atomic mass is 35.5. The van der Waals surface area contributed by atoms with Gasteiger partial charge in [0.15, 0.2) is 0 Å². The normalized spacial score (nSPS) is 22.1. The summed E-state index contributed by atoms with van der Waals surface area (Å²) in [5.41, 5.74) is 3.71. The van der Waals surface area contributed by atoms with Crippen LogP contribution in [0.2, 0.25) is 10.0 Å². The van der Waals surface area contributed by atoms with E-state index in [9.17, 15) is 0 Å². The van der Waals surface area contributed by atoms with E-state index in [4.69, 9.17) is 23.2 Å². The number of halogens is 2. The van der Waals surface area contributed by atoms with E-state index in [2.05, 4.69) is 48.3 Å². The van der Waals surface area contributed by atoms with Crippen LogP contribution in [0.25, 0.3) is 0 Å². The first-order chi connectivity index (χ1) is 14.9. The van der Waals surface area contributed by atoms with Crippen molar-refractivity contribution in [3.05, 3.63) is 69.3 Å². The Morgan fingerprint density at radius 2 is 2.16 bits per heavy atom. The molecule has 0 amide bonds. The molecule has 0 aromatic heterocycles. The Morgan fingerprint density at radius 3 is 2.90 bits per heavy atom. The van der Waals surface area contributed by atoms with E-state index in [1.807, 2.05) is 41.7 Å². The molecular formula is C24H33Cl2N3S2. The number of piperidine rings is 1. The first-order valence-electron chi connectivity index (χ1n) is 10.8. The maximum atomic E-state index is 6.18. The summed E-state index contributed by atoms with van der Waals surface area (Å²) in [6.45, 7) is 14.5. The second kappa shape index (κ2) is 11.9. The van der Waals surface area contributed by atoms with Crippen LogP contribution in [-0.4, -0.2) is 46.9 Å². The second-order valence-electron chi connectivity index (χ2n) is 8.32. The Kier molecular flexibility index (Phi) is 9.60. The third-order valence-electron chi connectivity index (χ3n) is 5.86. The molecule has 1 N–H and O–H groups in total. The predicted molar refractivity (Wildman–Crippen MR) is 141 cm³/mol. The molecule has 0 spiro atoms. The standard InChI is InChI=1S/C24H33Cl2N3S2/c1-5-7-23-18(3)28(4)24(31-23)30-16-17(2)27-13-20-8-6-11-29(15-20)14-19-9-10-21(25)22(26)12-19/h5,9-10,12,20,24,27H,1-2,6-8,11,13-16H2,3-4H3. The van der Waals surface area contributed by atoms with Gasteiger partial charge >= 0.3 is 0 Å². The van der Waals surface area contributed by atoms with Gasteiger partial charge in [-0.2, -0.15) is 0 Å². The minimum Gasteiger partial charge on any atom is -0.388 e. The van der Waals surface area contributed by atoms with Crippen LogP contribution in [0.1, 0.15) is 31.7 Å². The Balaban J connectivity index is 1.39. The van der Waals surface area contributed by atoms with Crippen LogP contribution >= 0.6 is 46.7 Å². The Labute approximate surface area is 206 Å². The number of nitrogens with one attached hydrogen (secondary N) is 1. The van der Waals surface area contributed by atoms with E-state index < -0.39 is 0 Å². The SMILES string of the molecule is C=CCC1=C(C)N(C)C(SCC(=C)NCC2CCCN(Cc3ccc(Cl)c(Cl)c3)C2)S1. The quantitative estimate of drug-likeness (QED) is 0.356. The van der Waals surface area contributed by atoms with E-state index in [1.54, 1.807) is 0 Å². The van der Waals surface area contributed by atoms with Gasteiger partial charge in [-0.25, -0.2) is 0 Å². The molecule has 0 radical (unpaired) electrons. The molecule has 0 saturated carbocycles. The van der Waals surface area contributed by atoms with Gasteiger partial charge in [0, 0.05) is 48.7 Å². The number of benzene rings is 1. The summed E-state index contributed by atoms with van der Waals surface area (Å²) in [5, 5.41) is 4.86. The third kappa shape index (κ3) is 7.13. The van der Waals surface area contributed by atoms with Crippen molar-refractivity contribution in [1.82, 2.24) is 15.1 Å². The maximum Gasteiger partial charge on any atom is 0.126 e. The summed E-state index contributed by atoms with van der Waals surface area (Å²) >= 11 is 16.1. The number of rotatable bonds is 10. The molecule has 31 heavy (non-hydrogen) atoms. The average molecular weight is 499 g/mol. The van der Waals surface area contributed by atoms with Crippen LogP contribution in [0.5, 0.6) is 0 Å². The van der Waals surface area contributed by atoms with Gasteiger partial charge in [0.1, 0.15) is 4.71 Å². The monoisotopic (exact) mass is 497 g/mol. The Bertz CT molecular complexity index is 827. The average Bonchev–Trinajstić information content (AvgIpc) is 3.02. The lowest BCUT2D eigenvalue weighted by molar-refractivity contribution is 0.167. The van der Waals surface area contributed by atoms with Gasteiger partial charge in [0.25, 0.3) is 0 Å². The molecular weight excluding hydrogens is 465 g/mol. The van der Waals surface area contributed by atoms with Gasteiger partial charge in [-0.3, -0.25) is 4.90 Å². The molecule has 2 heterocycles. The zero-order valence-corrected chi connectivity index (χ0v) is 21.6. The molecule has 3 rings (SSSR count). The van der Waals surface area contributed by atoms with Gasteiger partial charge in [-0.1, -0.05) is 53.7 Å². The highest BCUT2D eigenvalue weighted by molar-refractivity contribution is 8.19. The van der Waals surface area contributed by atoms with Gasteiger partial charge in [0.05, 0.1) is 10.0 Å². The smallest absolute Gasteiger partial charge is 0.126 e. The first kappa shape index (κ1) is 24.9. The van der Waals surface area contributed by atoms with E-state index in [0.717, 1.165) is 44.0 Å². The molecule has 2 atom stereocenters. The molecule has 170 valence electrons. The summed E-state index contributed by atoms with van der Waals surface area (Å²) in [5.74, 6) is 1.57. The van der Waals surface area contributed by atoms with E-state index in [-0.39, 0.29) is 0 Å². The molecule has 1 fully saturated rings. The predicted octanol–water partition coefficient (Wildman–Crippen LogP) is 6.81. The molecule has 1 aromatic rings. The minimum absolute atomic E-state index is 0.421. The second-order valence-corrected chi connectivity index (χ2v) is 11.7. The summed E-state index contributed by atoms with van der Waals surface area (Å²) in [6, 6.07) is 5.95. The van der Waals surface area contributed by atoms with Crippen LogP contribution in [0.15, 0.2) is 53.7 Å². The summed E-state index contributed by atoms with van der Waals surface area (Å²) in [4.78, 5) is 6.31. The lowest BCUT2D eigenvalue weighted by Gasteiger charge is -2.33. The van der Waals surface area contributed by atoms with Gasteiger partial charge < -0.3 is 10.2 Å². The van der Waals surface area contributed by atoms with Crippen molar-refractivity contribution in [2.24, 2.45) is 5.92 Å². The van der Waals surface area contributed by atoms with Crippen molar-refractivity contribution in [1.29, 1.82) is 0 Å². The molecule has 2 unspecified atom stereocenters. The molecule has 0 aliphatic carbocycles. The molecule has 1 saturated heterocycles. The largest absolute Gasteiger partial charge is 0.388 e. The van der Waals surface area contributed by atoms with Crippen molar-refractivity contribution >= 4 is 46.7 Å². The highest BCUT2D eigenvalue weighted by Crippen LogP contribution is 2.44. The zero-order valence-electron chi connectivity index (χ0n) is 18.5. The Morgan fingerprint density at radius 1 is 1.35 bits per heavy atom. The van der Waals surface area contributed by atoms with Gasteiger partial charge in [-0.05, 0) is 56.3 Å². The van der Waals surface area contributed by atoms with Crippen LogP contribution < -0.4 is 5.32 Å². The Hall–Kier alpha value is -0.720. The zero-order chi connectivity index (χ0) is 22.4. The number of nitrogens with zero attached hydrogens (tertiary/aromatic N) is 2. The van der Waals surface area contributed by atoms with Crippen LogP contribution in [0.4, 0.5) is 0 Å². The number of hydrogen-bond donors (Lipinski definition) is 1. The number of hydrogen-bond acceptors (Lipinski definition) is 5. The molecule has 1 aromatic carbocycles. The maximum absolute atomic E-state index is 6.18. The molecule has 2 aliphatic heterocycles. The minimum atomic E-state index is 0.421. The van der Waals surface area contributed by atoms with E-state index >= 15 is 0 Å². The van der Waals surface area contributed by atoms with Crippen molar-refractivity contribution in [2.45, 2.75) is 37.4 Å². The molecule has 2 aliphatic rings. The van der Waals surface area contributed by atoms with Crippen LogP contribution in [0, 0.1) is 5.92 Å². The molecule has 3 nitrogen and oxygen atoms in total. The van der Waals surface area contributed by atoms with Crippen molar-refractivity contribution < 1.29 is 0 Å². The topological polar surface area (TPSA) is 18.5 Å². The van der Waals surface area contributed by atoms with Crippen LogP contribution in [0.3, 0.4) is 0 Å². The fourth-order valence-electron chi connectivity index (χ4n) is 3.98. The summed E-state index contributed by atoms with van der Waals surface area (Å²) in [6.07, 6.45) is 5.44. The van der Waals surface area contributed by atoms with E-state index in [0.29, 0.717) is 20.7 Å². The van der Waals surface area contributed by atoms with E-state index in [1.165, 1.54) is 29.0 Å². The lowest BCUT2D eigenvalue weighted by atomic mass is 9.97. The highest BCUT2D eigenvalue weighted by Gasteiger charge is 2.27. The summed E-state index contributed by atoms with van der Waals surface area (Å²) in [7, 11) is 2.18. The fraction of sp³-hybridized carbons (Fsp3) is 0.500.